The highest BCUT2D eigenvalue weighted by Crippen LogP contribution is 2.28. The molecule has 146 valence electrons. The van der Waals surface area contributed by atoms with Crippen molar-refractivity contribution < 1.29 is 18.4 Å². The molecule has 9 heteroatoms. The summed E-state index contributed by atoms with van der Waals surface area (Å²) in [5, 5.41) is 12.4. The molecule has 4 rings (SSSR count). The molecule has 1 unspecified atom stereocenters. The summed E-state index contributed by atoms with van der Waals surface area (Å²) in [5.41, 5.74) is 2.75. The number of nitrogens with zero attached hydrogens (tertiary/aromatic N) is 5. The van der Waals surface area contributed by atoms with Crippen LogP contribution in [0.3, 0.4) is 0 Å². The Morgan fingerprint density at radius 3 is 2.76 bits per heavy atom. The quantitative estimate of drug-likeness (QED) is 0.364. The van der Waals surface area contributed by atoms with E-state index in [1.165, 1.54) is 25.6 Å². The van der Waals surface area contributed by atoms with E-state index in [1.54, 1.807) is 12.3 Å². The Kier molecular flexibility index (Phi) is 5.10. The minimum absolute atomic E-state index is 0.208. The standard InChI is InChI=1S/C20H16FN5O3/c1-12(26-27-2)14-7-13-8-16(4-6-17(13)22-9-14)29-19(20-25-24-11-28-20)18-5-3-15(21)10-23-18/h3-11,19H,1-2H3/b26-12+. The number of aromatic nitrogens is 4. The van der Waals surface area contributed by atoms with Crippen LogP contribution in [-0.2, 0) is 4.84 Å². The third-order valence-electron chi connectivity index (χ3n) is 4.17. The van der Waals surface area contributed by atoms with Gasteiger partial charge in [-0.1, -0.05) is 5.16 Å². The summed E-state index contributed by atoms with van der Waals surface area (Å²) in [6.45, 7) is 1.83. The number of rotatable bonds is 6. The van der Waals surface area contributed by atoms with Gasteiger partial charge in [-0.2, -0.15) is 0 Å². The van der Waals surface area contributed by atoms with Gasteiger partial charge in [-0.3, -0.25) is 9.97 Å². The molecule has 0 spiro atoms. The number of oxime groups is 1. The van der Waals surface area contributed by atoms with Gasteiger partial charge in [0, 0.05) is 17.1 Å². The van der Waals surface area contributed by atoms with E-state index < -0.39 is 11.9 Å². The molecular weight excluding hydrogens is 377 g/mol. The first kappa shape index (κ1) is 18.5. The molecule has 0 aliphatic heterocycles. The number of ether oxygens (including phenoxy) is 1. The van der Waals surface area contributed by atoms with Gasteiger partial charge in [0.2, 0.25) is 12.5 Å². The maximum absolute atomic E-state index is 13.3. The van der Waals surface area contributed by atoms with E-state index >= 15 is 0 Å². The van der Waals surface area contributed by atoms with E-state index in [4.69, 9.17) is 14.0 Å². The van der Waals surface area contributed by atoms with Crippen LogP contribution in [0.5, 0.6) is 5.75 Å². The summed E-state index contributed by atoms with van der Waals surface area (Å²) in [6, 6.07) is 10.2. The van der Waals surface area contributed by atoms with Crippen LogP contribution < -0.4 is 4.74 Å². The topological polar surface area (TPSA) is 95.5 Å². The first-order chi connectivity index (χ1) is 14.1. The molecule has 29 heavy (non-hydrogen) atoms. The van der Waals surface area contributed by atoms with Gasteiger partial charge < -0.3 is 14.0 Å². The highest BCUT2D eigenvalue weighted by atomic mass is 19.1. The van der Waals surface area contributed by atoms with Crippen LogP contribution in [0.25, 0.3) is 10.9 Å². The molecule has 0 saturated heterocycles. The van der Waals surface area contributed by atoms with Crippen molar-refractivity contribution in [2.24, 2.45) is 5.16 Å². The first-order valence-electron chi connectivity index (χ1n) is 8.66. The van der Waals surface area contributed by atoms with Gasteiger partial charge in [0.25, 0.3) is 5.89 Å². The summed E-state index contributed by atoms with van der Waals surface area (Å²) in [5.74, 6) is 0.293. The lowest BCUT2D eigenvalue weighted by atomic mass is 10.1. The monoisotopic (exact) mass is 393 g/mol. The molecule has 3 aromatic heterocycles. The Morgan fingerprint density at radius 2 is 2.03 bits per heavy atom. The molecule has 0 radical (unpaired) electrons. The number of hydrogen-bond acceptors (Lipinski definition) is 8. The maximum atomic E-state index is 13.3. The average Bonchev–Trinajstić information content (AvgIpc) is 3.27. The minimum Gasteiger partial charge on any atom is -0.474 e. The molecule has 0 fully saturated rings. The van der Waals surface area contributed by atoms with Crippen LogP contribution >= 0.6 is 0 Å². The van der Waals surface area contributed by atoms with Crippen molar-refractivity contribution in [1.29, 1.82) is 0 Å². The molecule has 4 aromatic rings. The van der Waals surface area contributed by atoms with Crippen LogP contribution in [0.2, 0.25) is 0 Å². The molecule has 1 aromatic carbocycles. The van der Waals surface area contributed by atoms with Crippen molar-refractivity contribution in [2.75, 3.05) is 7.11 Å². The molecule has 0 amide bonds. The van der Waals surface area contributed by atoms with E-state index in [0.717, 1.165) is 22.7 Å². The van der Waals surface area contributed by atoms with Gasteiger partial charge in [0.05, 0.1) is 23.1 Å². The number of halogens is 1. The van der Waals surface area contributed by atoms with Crippen LogP contribution in [0.15, 0.2) is 64.8 Å². The van der Waals surface area contributed by atoms with Gasteiger partial charge in [0.15, 0.2) is 0 Å². The maximum Gasteiger partial charge on any atom is 0.263 e. The average molecular weight is 393 g/mol. The largest absolute Gasteiger partial charge is 0.474 e. The van der Waals surface area contributed by atoms with Crippen molar-refractivity contribution in [2.45, 2.75) is 13.0 Å². The number of pyridine rings is 2. The highest BCUT2D eigenvalue weighted by molar-refractivity contribution is 6.00. The smallest absolute Gasteiger partial charge is 0.263 e. The molecule has 0 saturated carbocycles. The van der Waals surface area contributed by atoms with Gasteiger partial charge in [-0.05, 0) is 43.3 Å². The van der Waals surface area contributed by atoms with E-state index in [0.29, 0.717) is 17.2 Å². The van der Waals surface area contributed by atoms with Gasteiger partial charge in [-0.25, -0.2) is 4.39 Å². The summed E-state index contributed by atoms with van der Waals surface area (Å²) in [6.07, 6.45) is 3.24. The molecule has 3 heterocycles. The van der Waals surface area contributed by atoms with Crippen LogP contribution in [0.4, 0.5) is 4.39 Å². The van der Waals surface area contributed by atoms with Crippen LogP contribution in [0.1, 0.15) is 30.2 Å². The second kappa shape index (κ2) is 8.01. The zero-order valence-corrected chi connectivity index (χ0v) is 15.6. The number of benzene rings is 1. The Morgan fingerprint density at radius 1 is 1.14 bits per heavy atom. The van der Waals surface area contributed by atoms with Crippen LogP contribution in [0, 0.1) is 5.82 Å². The molecule has 0 N–H and O–H groups in total. The fourth-order valence-corrected chi connectivity index (χ4v) is 2.78. The Hall–Kier alpha value is -3.88. The SMILES string of the molecule is CO/N=C(\C)c1cnc2ccc(OC(c3ccc(F)cn3)c3nnco3)cc2c1. The second-order valence-corrected chi connectivity index (χ2v) is 6.11. The minimum atomic E-state index is -0.788. The normalized spacial score (nSPS) is 12.7. The van der Waals surface area contributed by atoms with Crippen molar-refractivity contribution in [3.63, 3.8) is 0 Å². The molecular formula is C20H16FN5O3. The Labute approximate surface area is 165 Å². The van der Waals surface area contributed by atoms with Crippen LogP contribution in [-0.4, -0.2) is 33.0 Å². The third-order valence-corrected chi connectivity index (χ3v) is 4.17. The van der Waals surface area contributed by atoms with Gasteiger partial charge in [0.1, 0.15) is 18.7 Å². The van der Waals surface area contributed by atoms with E-state index in [2.05, 4.69) is 25.3 Å². The Bertz CT molecular complexity index is 1150. The van der Waals surface area contributed by atoms with E-state index in [9.17, 15) is 4.39 Å². The second-order valence-electron chi connectivity index (χ2n) is 6.11. The van der Waals surface area contributed by atoms with Crippen molar-refractivity contribution in [3.8, 4) is 5.75 Å². The molecule has 0 aliphatic rings. The zero-order valence-electron chi connectivity index (χ0n) is 15.6. The molecule has 0 bridgehead atoms. The Balaban J connectivity index is 1.70. The first-order valence-corrected chi connectivity index (χ1v) is 8.66. The zero-order chi connectivity index (χ0) is 20.2. The van der Waals surface area contributed by atoms with Gasteiger partial charge >= 0.3 is 0 Å². The predicted molar refractivity (Wildman–Crippen MR) is 102 cm³/mol. The lowest BCUT2D eigenvalue weighted by molar-refractivity contribution is 0.203. The fraction of sp³-hybridized carbons (Fsp3) is 0.150. The van der Waals surface area contributed by atoms with Gasteiger partial charge in [-0.15, -0.1) is 10.2 Å². The van der Waals surface area contributed by atoms with E-state index in [1.807, 2.05) is 25.1 Å². The summed E-state index contributed by atoms with van der Waals surface area (Å²) in [7, 11) is 1.49. The lowest BCUT2D eigenvalue weighted by Gasteiger charge is -2.16. The molecule has 8 nitrogen and oxygen atoms in total. The summed E-state index contributed by atoms with van der Waals surface area (Å²) < 4.78 is 24.6. The fourth-order valence-electron chi connectivity index (χ4n) is 2.78. The molecule has 0 aliphatic carbocycles. The molecule has 1 atom stereocenters. The summed E-state index contributed by atoms with van der Waals surface area (Å²) >= 11 is 0. The summed E-state index contributed by atoms with van der Waals surface area (Å²) in [4.78, 5) is 13.3. The van der Waals surface area contributed by atoms with E-state index in [-0.39, 0.29) is 5.89 Å². The van der Waals surface area contributed by atoms with Crippen molar-refractivity contribution in [3.05, 3.63) is 78.2 Å². The third kappa shape index (κ3) is 4.03. The lowest BCUT2D eigenvalue weighted by Crippen LogP contribution is -2.12. The van der Waals surface area contributed by atoms with Crippen molar-refractivity contribution >= 4 is 16.6 Å². The van der Waals surface area contributed by atoms with Crippen molar-refractivity contribution in [1.82, 2.24) is 20.2 Å². The highest BCUT2D eigenvalue weighted by Gasteiger charge is 2.23. The number of fused-ring (bicyclic) bond motifs is 1. The predicted octanol–water partition coefficient (Wildman–Crippen LogP) is 3.69. The number of hydrogen-bond donors (Lipinski definition) is 0.